The van der Waals surface area contributed by atoms with Crippen LogP contribution in [0.4, 0.5) is 14.5 Å². The van der Waals surface area contributed by atoms with Gasteiger partial charge in [-0.25, -0.2) is 4.98 Å². The minimum Gasteiger partial charge on any atom is -0.348 e. The molecule has 0 saturated heterocycles. The SMILES string of the molecule is O=C(NCc1ccc(NC(=O)C2CC2)cc1)c1cccnc1SC(F)F. The van der Waals surface area contributed by atoms with Crippen LogP contribution in [0, 0.1) is 5.92 Å². The van der Waals surface area contributed by atoms with Crippen molar-refractivity contribution >= 4 is 29.3 Å². The van der Waals surface area contributed by atoms with Crippen molar-refractivity contribution in [2.45, 2.75) is 30.2 Å². The molecule has 1 saturated carbocycles. The molecule has 8 heteroatoms. The van der Waals surface area contributed by atoms with Crippen molar-refractivity contribution in [1.82, 2.24) is 10.3 Å². The number of hydrogen-bond acceptors (Lipinski definition) is 4. The summed E-state index contributed by atoms with van der Waals surface area (Å²) in [5, 5.41) is 5.53. The van der Waals surface area contributed by atoms with Crippen molar-refractivity contribution in [2.75, 3.05) is 5.32 Å². The predicted octanol–water partition coefficient (Wildman–Crippen LogP) is 3.67. The van der Waals surface area contributed by atoms with E-state index >= 15 is 0 Å². The number of benzene rings is 1. The summed E-state index contributed by atoms with van der Waals surface area (Å²) in [4.78, 5) is 27.8. The number of nitrogens with one attached hydrogen (secondary N) is 2. The molecule has 1 aromatic carbocycles. The van der Waals surface area contributed by atoms with Gasteiger partial charge >= 0.3 is 0 Å². The second-order valence-electron chi connectivity index (χ2n) is 5.88. The third kappa shape index (κ3) is 5.01. The average molecular weight is 377 g/mol. The number of alkyl halides is 2. The van der Waals surface area contributed by atoms with Crippen molar-refractivity contribution < 1.29 is 18.4 Å². The molecule has 1 aromatic heterocycles. The minimum atomic E-state index is -2.64. The first-order valence-electron chi connectivity index (χ1n) is 8.11. The fourth-order valence-electron chi connectivity index (χ4n) is 2.32. The fraction of sp³-hybridized carbons (Fsp3) is 0.278. The van der Waals surface area contributed by atoms with Crippen molar-refractivity contribution in [3.8, 4) is 0 Å². The number of rotatable bonds is 7. The molecule has 0 bridgehead atoms. The molecule has 2 aromatic rings. The van der Waals surface area contributed by atoms with Gasteiger partial charge in [0.2, 0.25) is 5.91 Å². The molecule has 5 nitrogen and oxygen atoms in total. The molecule has 0 radical (unpaired) electrons. The molecule has 0 atom stereocenters. The lowest BCUT2D eigenvalue weighted by molar-refractivity contribution is -0.117. The number of carbonyl (C=O) groups excluding carboxylic acids is 2. The van der Waals surface area contributed by atoms with E-state index in [4.69, 9.17) is 0 Å². The van der Waals surface area contributed by atoms with E-state index in [9.17, 15) is 18.4 Å². The maximum atomic E-state index is 12.6. The second kappa shape index (κ2) is 8.27. The van der Waals surface area contributed by atoms with Gasteiger partial charge in [0, 0.05) is 24.3 Å². The Labute approximate surface area is 153 Å². The first kappa shape index (κ1) is 18.3. The van der Waals surface area contributed by atoms with Crippen LogP contribution in [0.3, 0.4) is 0 Å². The highest BCUT2D eigenvalue weighted by atomic mass is 32.2. The standard InChI is InChI=1S/C18H17F2N3O2S/c19-18(20)26-17-14(2-1-9-21-17)16(25)22-10-11-3-7-13(8-4-11)23-15(24)12-5-6-12/h1-4,7-9,12,18H,5-6,10H2,(H,22,25)(H,23,24). The molecule has 0 aliphatic heterocycles. The summed E-state index contributed by atoms with van der Waals surface area (Å²) in [5.74, 6) is -2.94. The van der Waals surface area contributed by atoms with Crippen molar-refractivity contribution in [3.05, 3.63) is 53.7 Å². The number of carbonyl (C=O) groups is 2. The van der Waals surface area contributed by atoms with Crippen LogP contribution in [0.15, 0.2) is 47.6 Å². The van der Waals surface area contributed by atoms with Gasteiger partial charge < -0.3 is 10.6 Å². The Kier molecular flexibility index (Phi) is 5.82. The highest BCUT2D eigenvalue weighted by Crippen LogP contribution is 2.30. The van der Waals surface area contributed by atoms with E-state index in [1.54, 1.807) is 24.3 Å². The summed E-state index contributed by atoms with van der Waals surface area (Å²) in [5.41, 5.74) is 1.65. The molecular weight excluding hydrogens is 360 g/mol. The van der Waals surface area contributed by atoms with Gasteiger partial charge in [-0.05, 0) is 54.4 Å². The predicted molar refractivity (Wildman–Crippen MR) is 95.1 cm³/mol. The third-order valence-electron chi connectivity index (χ3n) is 3.84. The number of anilines is 1. The molecule has 136 valence electrons. The van der Waals surface area contributed by atoms with Crippen LogP contribution in [0.2, 0.25) is 0 Å². The van der Waals surface area contributed by atoms with Gasteiger partial charge in [0.15, 0.2) is 0 Å². The zero-order valence-corrected chi connectivity index (χ0v) is 14.6. The summed E-state index contributed by atoms with van der Waals surface area (Å²) in [6, 6.07) is 10.1. The summed E-state index contributed by atoms with van der Waals surface area (Å²) in [7, 11) is 0. The van der Waals surface area contributed by atoms with Gasteiger partial charge in [-0.15, -0.1) is 0 Å². The van der Waals surface area contributed by atoms with Crippen LogP contribution in [-0.2, 0) is 11.3 Å². The number of halogens is 2. The first-order valence-corrected chi connectivity index (χ1v) is 8.98. The normalized spacial score (nSPS) is 13.5. The first-order chi connectivity index (χ1) is 12.5. The van der Waals surface area contributed by atoms with E-state index in [1.165, 1.54) is 18.3 Å². The Morgan fingerprint density at radius 2 is 1.92 bits per heavy atom. The second-order valence-corrected chi connectivity index (χ2v) is 6.86. The lowest BCUT2D eigenvalue weighted by Gasteiger charge is -2.09. The molecular formula is C18H17F2N3O2S. The molecule has 26 heavy (non-hydrogen) atoms. The maximum Gasteiger partial charge on any atom is 0.290 e. The summed E-state index contributed by atoms with van der Waals surface area (Å²) >= 11 is 0.245. The largest absolute Gasteiger partial charge is 0.348 e. The topological polar surface area (TPSA) is 71.1 Å². The van der Waals surface area contributed by atoms with Crippen LogP contribution in [0.5, 0.6) is 0 Å². The van der Waals surface area contributed by atoms with E-state index in [0.717, 1.165) is 18.4 Å². The lowest BCUT2D eigenvalue weighted by atomic mass is 10.2. The molecule has 1 heterocycles. The van der Waals surface area contributed by atoms with E-state index in [2.05, 4.69) is 15.6 Å². The van der Waals surface area contributed by atoms with Gasteiger partial charge in [-0.3, -0.25) is 9.59 Å². The van der Waals surface area contributed by atoms with Gasteiger partial charge in [0.05, 0.1) is 5.56 Å². The lowest BCUT2D eigenvalue weighted by Crippen LogP contribution is -2.23. The molecule has 0 unspecified atom stereocenters. The van der Waals surface area contributed by atoms with Crippen LogP contribution in [0.1, 0.15) is 28.8 Å². The molecule has 3 rings (SSSR count). The third-order valence-corrected chi connectivity index (χ3v) is 4.57. The number of amides is 2. The van der Waals surface area contributed by atoms with Gasteiger partial charge in [0.1, 0.15) is 5.03 Å². The van der Waals surface area contributed by atoms with Crippen molar-refractivity contribution in [2.24, 2.45) is 5.92 Å². The zero-order valence-electron chi connectivity index (χ0n) is 13.7. The van der Waals surface area contributed by atoms with Gasteiger partial charge in [-0.1, -0.05) is 12.1 Å². The minimum absolute atomic E-state index is 0.00173. The summed E-state index contributed by atoms with van der Waals surface area (Å²) in [6.45, 7) is 0.239. The summed E-state index contributed by atoms with van der Waals surface area (Å²) in [6.07, 6.45) is 3.25. The zero-order chi connectivity index (χ0) is 18.5. The Hall–Kier alpha value is -2.48. The van der Waals surface area contributed by atoms with Crippen LogP contribution in [-0.4, -0.2) is 22.6 Å². The number of thioether (sulfide) groups is 1. The quantitative estimate of drug-likeness (QED) is 0.722. The highest BCUT2D eigenvalue weighted by Gasteiger charge is 2.29. The monoisotopic (exact) mass is 377 g/mol. The molecule has 1 fully saturated rings. The summed E-state index contributed by atoms with van der Waals surface area (Å²) < 4.78 is 25.1. The Morgan fingerprint density at radius 3 is 2.58 bits per heavy atom. The molecule has 1 aliphatic rings. The number of aromatic nitrogens is 1. The number of pyridine rings is 1. The van der Waals surface area contributed by atoms with E-state index in [0.29, 0.717) is 5.69 Å². The van der Waals surface area contributed by atoms with Crippen LogP contribution < -0.4 is 10.6 Å². The molecule has 2 N–H and O–H groups in total. The number of nitrogens with zero attached hydrogens (tertiary/aromatic N) is 1. The molecule has 0 spiro atoms. The van der Waals surface area contributed by atoms with E-state index in [1.807, 2.05) is 0 Å². The highest BCUT2D eigenvalue weighted by molar-refractivity contribution is 7.99. The molecule has 2 amide bonds. The molecule has 1 aliphatic carbocycles. The van der Waals surface area contributed by atoms with E-state index < -0.39 is 11.7 Å². The van der Waals surface area contributed by atoms with Gasteiger partial charge in [-0.2, -0.15) is 8.78 Å². The smallest absolute Gasteiger partial charge is 0.290 e. The Bertz CT molecular complexity index is 795. The van der Waals surface area contributed by atoms with Crippen LogP contribution >= 0.6 is 11.8 Å². The van der Waals surface area contributed by atoms with Crippen molar-refractivity contribution in [3.63, 3.8) is 0 Å². The number of hydrogen-bond donors (Lipinski definition) is 2. The maximum absolute atomic E-state index is 12.6. The van der Waals surface area contributed by atoms with Crippen LogP contribution in [0.25, 0.3) is 0 Å². The Balaban J connectivity index is 1.56. The average Bonchev–Trinajstić information content (AvgIpc) is 3.46. The van der Waals surface area contributed by atoms with E-state index in [-0.39, 0.29) is 40.7 Å². The Morgan fingerprint density at radius 1 is 1.19 bits per heavy atom. The van der Waals surface area contributed by atoms with Gasteiger partial charge in [0.25, 0.3) is 11.7 Å². The van der Waals surface area contributed by atoms with Crippen molar-refractivity contribution in [1.29, 1.82) is 0 Å². The fourth-order valence-corrected chi connectivity index (χ4v) is 2.89.